The molecule has 0 amide bonds. The first kappa shape index (κ1) is 16.6. The van der Waals surface area contributed by atoms with Crippen molar-refractivity contribution in [2.24, 2.45) is 5.92 Å². The molecular formula is C13H20BrNO3S. The van der Waals surface area contributed by atoms with Crippen molar-refractivity contribution in [1.29, 1.82) is 0 Å². The maximum atomic E-state index is 12.2. The van der Waals surface area contributed by atoms with Gasteiger partial charge in [-0.15, -0.1) is 0 Å². The fourth-order valence-electron chi connectivity index (χ4n) is 1.69. The van der Waals surface area contributed by atoms with E-state index < -0.39 is 10.0 Å². The van der Waals surface area contributed by atoms with Gasteiger partial charge in [0, 0.05) is 18.0 Å². The lowest BCUT2D eigenvalue weighted by atomic mass is 10.0. The molecule has 1 unspecified atom stereocenters. The summed E-state index contributed by atoms with van der Waals surface area (Å²) in [5.74, 6) is 0.128. The summed E-state index contributed by atoms with van der Waals surface area (Å²) in [6.07, 6.45) is 0.413. The van der Waals surface area contributed by atoms with E-state index in [0.29, 0.717) is 11.8 Å². The molecule has 108 valence electrons. The SMILES string of the molecule is CC(C)C(CCO)NS(=O)(=O)c1ccc(CBr)cc1. The van der Waals surface area contributed by atoms with Crippen LogP contribution in [0.2, 0.25) is 0 Å². The first-order valence-electron chi connectivity index (χ1n) is 6.18. The second-order valence-electron chi connectivity index (χ2n) is 4.76. The molecule has 19 heavy (non-hydrogen) atoms. The monoisotopic (exact) mass is 349 g/mol. The summed E-state index contributed by atoms with van der Waals surface area (Å²) < 4.78 is 27.1. The molecule has 1 atom stereocenters. The van der Waals surface area contributed by atoms with Crippen LogP contribution < -0.4 is 4.72 Å². The first-order chi connectivity index (χ1) is 8.90. The molecule has 0 aliphatic carbocycles. The van der Waals surface area contributed by atoms with Crippen molar-refractivity contribution in [3.8, 4) is 0 Å². The Bertz CT molecular complexity index is 485. The van der Waals surface area contributed by atoms with Crippen molar-refractivity contribution < 1.29 is 13.5 Å². The fraction of sp³-hybridized carbons (Fsp3) is 0.538. The molecule has 0 bridgehead atoms. The molecule has 1 aromatic carbocycles. The van der Waals surface area contributed by atoms with Crippen LogP contribution in [0.5, 0.6) is 0 Å². The third-order valence-electron chi connectivity index (χ3n) is 2.94. The van der Waals surface area contributed by atoms with Crippen LogP contribution in [-0.2, 0) is 15.4 Å². The van der Waals surface area contributed by atoms with Crippen LogP contribution in [0.3, 0.4) is 0 Å². The number of aliphatic hydroxyl groups is 1. The highest BCUT2D eigenvalue weighted by atomic mass is 79.9. The number of alkyl halides is 1. The van der Waals surface area contributed by atoms with Gasteiger partial charge in [0.05, 0.1) is 4.90 Å². The van der Waals surface area contributed by atoms with E-state index in [1.54, 1.807) is 24.3 Å². The van der Waals surface area contributed by atoms with E-state index >= 15 is 0 Å². The van der Waals surface area contributed by atoms with Gasteiger partial charge in [-0.2, -0.15) is 0 Å². The van der Waals surface area contributed by atoms with E-state index in [1.165, 1.54) is 0 Å². The lowest BCUT2D eigenvalue weighted by Gasteiger charge is -2.21. The van der Waals surface area contributed by atoms with E-state index in [0.717, 1.165) is 5.56 Å². The van der Waals surface area contributed by atoms with E-state index in [-0.39, 0.29) is 23.5 Å². The minimum atomic E-state index is -3.53. The van der Waals surface area contributed by atoms with Crippen molar-refractivity contribution >= 4 is 26.0 Å². The van der Waals surface area contributed by atoms with Gasteiger partial charge in [0.25, 0.3) is 0 Å². The number of aliphatic hydroxyl groups excluding tert-OH is 1. The maximum Gasteiger partial charge on any atom is 0.240 e. The Morgan fingerprint density at radius 3 is 2.26 bits per heavy atom. The number of hydrogen-bond acceptors (Lipinski definition) is 3. The molecule has 0 spiro atoms. The molecule has 0 saturated heterocycles. The smallest absolute Gasteiger partial charge is 0.240 e. The van der Waals surface area contributed by atoms with E-state index in [4.69, 9.17) is 5.11 Å². The molecule has 0 radical (unpaired) electrons. The Hall–Kier alpha value is -0.430. The van der Waals surface area contributed by atoms with Crippen molar-refractivity contribution in [1.82, 2.24) is 4.72 Å². The van der Waals surface area contributed by atoms with Crippen molar-refractivity contribution in [3.63, 3.8) is 0 Å². The quantitative estimate of drug-likeness (QED) is 0.742. The number of nitrogens with one attached hydrogen (secondary N) is 1. The average molecular weight is 350 g/mol. The lowest BCUT2D eigenvalue weighted by Crippen LogP contribution is -2.39. The standard InChI is InChI=1S/C13H20BrNO3S/c1-10(2)13(7-8-16)15-19(17,18)12-5-3-11(9-14)4-6-12/h3-6,10,13,15-16H,7-9H2,1-2H3. The lowest BCUT2D eigenvalue weighted by molar-refractivity contribution is 0.256. The van der Waals surface area contributed by atoms with Crippen molar-refractivity contribution in [2.75, 3.05) is 6.61 Å². The molecule has 4 nitrogen and oxygen atoms in total. The highest BCUT2D eigenvalue weighted by Crippen LogP contribution is 2.15. The Labute approximate surface area is 123 Å². The molecule has 0 aromatic heterocycles. The topological polar surface area (TPSA) is 66.4 Å². The Balaban J connectivity index is 2.89. The summed E-state index contributed by atoms with van der Waals surface area (Å²) in [4.78, 5) is 0.251. The normalized spacial score (nSPS) is 13.7. The van der Waals surface area contributed by atoms with Gasteiger partial charge in [0.2, 0.25) is 10.0 Å². The predicted molar refractivity (Wildman–Crippen MR) is 79.7 cm³/mol. The minimum absolute atomic E-state index is 0.0338. The van der Waals surface area contributed by atoms with Gasteiger partial charge in [-0.3, -0.25) is 0 Å². The Morgan fingerprint density at radius 1 is 1.26 bits per heavy atom. The van der Waals surface area contributed by atoms with E-state index in [2.05, 4.69) is 20.7 Å². The molecule has 2 N–H and O–H groups in total. The zero-order chi connectivity index (χ0) is 14.5. The second-order valence-corrected chi connectivity index (χ2v) is 7.04. The van der Waals surface area contributed by atoms with Gasteiger partial charge < -0.3 is 5.11 Å². The van der Waals surface area contributed by atoms with Crippen LogP contribution in [0.4, 0.5) is 0 Å². The molecule has 1 aromatic rings. The van der Waals surface area contributed by atoms with Crippen LogP contribution in [0.15, 0.2) is 29.2 Å². The van der Waals surface area contributed by atoms with Crippen LogP contribution in [-0.4, -0.2) is 26.2 Å². The van der Waals surface area contributed by atoms with Crippen LogP contribution in [0.25, 0.3) is 0 Å². The van der Waals surface area contributed by atoms with Gasteiger partial charge in [-0.1, -0.05) is 41.9 Å². The molecule has 0 heterocycles. The molecule has 0 aliphatic heterocycles. The van der Waals surface area contributed by atoms with Crippen LogP contribution in [0.1, 0.15) is 25.8 Å². The molecular weight excluding hydrogens is 330 g/mol. The van der Waals surface area contributed by atoms with Crippen LogP contribution in [0, 0.1) is 5.92 Å². The van der Waals surface area contributed by atoms with E-state index in [1.807, 2.05) is 13.8 Å². The van der Waals surface area contributed by atoms with Gasteiger partial charge in [0.15, 0.2) is 0 Å². The summed E-state index contributed by atoms with van der Waals surface area (Å²) in [5, 5.41) is 9.68. The summed E-state index contributed by atoms with van der Waals surface area (Å²) in [5.41, 5.74) is 1.02. The highest BCUT2D eigenvalue weighted by Gasteiger charge is 2.21. The largest absolute Gasteiger partial charge is 0.396 e. The first-order valence-corrected chi connectivity index (χ1v) is 8.79. The average Bonchev–Trinajstić information content (AvgIpc) is 2.38. The summed E-state index contributed by atoms with van der Waals surface area (Å²) >= 11 is 3.32. The van der Waals surface area contributed by atoms with Gasteiger partial charge >= 0.3 is 0 Å². The minimum Gasteiger partial charge on any atom is -0.396 e. The number of sulfonamides is 1. The van der Waals surface area contributed by atoms with Gasteiger partial charge in [0.1, 0.15) is 0 Å². The maximum absolute atomic E-state index is 12.2. The number of rotatable bonds is 7. The zero-order valence-electron chi connectivity index (χ0n) is 11.1. The molecule has 0 fully saturated rings. The predicted octanol–water partition coefficient (Wildman–Crippen LogP) is 2.27. The molecule has 0 aliphatic rings. The van der Waals surface area contributed by atoms with E-state index in [9.17, 15) is 8.42 Å². The summed E-state index contributed by atoms with van der Waals surface area (Å²) in [6.45, 7) is 3.82. The Morgan fingerprint density at radius 2 is 1.84 bits per heavy atom. The molecule has 1 rings (SSSR count). The van der Waals surface area contributed by atoms with Crippen LogP contribution >= 0.6 is 15.9 Å². The third kappa shape index (κ3) is 4.87. The summed E-state index contributed by atoms with van der Waals surface area (Å²) in [6, 6.07) is 6.48. The number of benzene rings is 1. The van der Waals surface area contributed by atoms with Crippen molar-refractivity contribution in [2.45, 2.75) is 36.5 Å². The van der Waals surface area contributed by atoms with Crippen molar-refractivity contribution in [3.05, 3.63) is 29.8 Å². The molecule has 6 heteroatoms. The zero-order valence-corrected chi connectivity index (χ0v) is 13.5. The number of hydrogen-bond donors (Lipinski definition) is 2. The van der Waals surface area contributed by atoms with Gasteiger partial charge in [-0.25, -0.2) is 13.1 Å². The summed E-state index contributed by atoms with van der Waals surface area (Å²) in [7, 11) is -3.53. The molecule has 0 saturated carbocycles. The third-order valence-corrected chi connectivity index (χ3v) is 5.09. The number of halogens is 1. The second kappa shape index (κ2) is 7.38. The Kier molecular flexibility index (Phi) is 6.46. The highest BCUT2D eigenvalue weighted by molar-refractivity contribution is 9.08. The van der Waals surface area contributed by atoms with Gasteiger partial charge in [-0.05, 0) is 30.0 Å². The fourth-order valence-corrected chi connectivity index (χ4v) is 3.49.